The van der Waals surface area contributed by atoms with Gasteiger partial charge in [0.15, 0.2) is 5.65 Å². The highest BCUT2D eigenvalue weighted by Crippen LogP contribution is 2.36. The van der Waals surface area contributed by atoms with Gasteiger partial charge in [0.05, 0.1) is 0 Å². The van der Waals surface area contributed by atoms with Crippen molar-refractivity contribution in [1.82, 2.24) is 23.1 Å². The highest BCUT2D eigenvalue weighted by atomic mass is 32.2. The van der Waals surface area contributed by atoms with E-state index in [4.69, 9.17) is 0 Å². The summed E-state index contributed by atoms with van der Waals surface area (Å²) in [6.07, 6.45) is -2.66. The Balaban J connectivity index is 1.94. The maximum absolute atomic E-state index is 13.4. The number of alkyl halides is 3. The van der Waals surface area contributed by atoms with Gasteiger partial charge in [-0.2, -0.15) is 30.2 Å². The van der Waals surface area contributed by atoms with E-state index in [0.717, 1.165) is 8.87 Å². The molecule has 0 saturated carbocycles. The maximum Gasteiger partial charge on any atom is 0.449 e. The minimum absolute atomic E-state index is 0.148. The quantitative estimate of drug-likeness (QED) is 0.819. The molecule has 3 rings (SSSR count). The molecule has 0 radical (unpaired) electrons. The van der Waals surface area contributed by atoms with Crippen molar-refractivity contribution in [1.29, 1.82) is 0 Å². The first kappa shape index (κ1) is 18.1. The van der Waals surface area contributed by atoms with Crippen molar-refractivity contribution in [2.24, 2.45) is 0 Å². The zero-order valence-electron chi connectivity index (χ0n) is 13.7. The fourth-order valence-electron chi connectivity index (χ4n) is 3.04. The lowest BCUT2D eigenvalue weighted by atomic mass is 10.1. The molecule has 1 saturated heterocycles. The zero-order valence-corrected chi connectivity index (χ0v) is 14.5. The lowest BCUT2D eigenvalue weighted by molar-refractivity contribution is -0.147. The second kappa shape index (κ2) is 6.22. The molecule has 0 atom stereocenters. The number of hydrogen-bond acceptors (Lipinski definition) is 4. The third-order valence-electron chi connectivity index (χ3n) is 4.28. The first-order chi connectivity index (χ1) is 11.6. The van der Waals surface area contributed by atoms with Gasteiger partial charge in [-0.25, -0.2) is 9.97 Å². The van der Waals surface area contributed by atoms with Crippen LogP contribution in [0.5, 0.6) is 0 Å². The zero-order chi connectivity index (χ0) is 18.4. The normalized spacial score (nSPS) is 18.3. The van der Waals surface area contributed by atoms with Gasteiger partial charge in [-0.1, -0.05) is 0 Å². The number of piperidine rings is 1. The molecule has 25 heavy (non-hydrogen) atoms. The molecule has 138 valence electrons. The minimum Gasteiger partial charge on any atom is -0.302 e. The Kier molecular flexibility index (Phi) is 4.50. The van der Waals surface area contributed by atoms with E-state index >= 15 is 0 Å². The molecule has 2 aromatic rings. The largest absolute Gasteiger partial charge is 0.449 e. The second-order valence-corrected chi connectivity index (χ2v) is 8.21. The van der Waals surface area contributed by atoms with E-state index in [1.165, 1.54) is 36.7 Å². The summed E-state index contributed by atoms with van der Waals surface area (Å²) in [4.78, 5) is 7.74. The maximum atomic E-state index is 13.4. The van der Waals surface area contributed by atoms with Crippen LogP contribution in [-0.2, 0) is 16.4 Å². The Morgan fingerprint density at radius 2 is 1.88 bits per heavy atom. The van der Waals surface area contributed by atoms with Gasteiger partial charge in [0.2, 0.25) is 5.82 Å². The topological polar surface area (TPSA) is 71.3 Å². The first-order valence-electron chi connectivity index (χ1n) is 7.70. The molecule has 0 spiro atoms. The molecule has 1 aliphatic heterocycles. The lowest BCUT2D eigenvalue weighted by Crippen LogP contribution is -2.44. The summed E-state index contributed by atoms with van der Waals surface area (Å²) in [7, 11) is -0.715. The summed E-state index contributed by atoms with van der Waals surface area (Å²) in [5.74, 6) is -0.991. The summed E-state index contributed by atoms with van der Waals surface area (Å²) >= 11 is 0. The van der Waals surface area contributed by atoms with E-state index in [-0.39, 0.29) is 37.1 Å². The van der Waals surface area contributed by atoms with Crippen LogP contribution in [0, 0.1) is 0 Å². The number of imidazole rings is 1. The molecule has 2 aromatic heterocycles. The van der Waals surface area contributed by atoms with Crippen LogP contribution in [-0.4, -0.2) is 58.7 Å². The van der Waals surface area contributed by atoms with E-state index < -0.39 is 28.3 Å². The smallest absolute Gasteiger partial charge is 0.302 e. The van der Waals surface area contributed by atoms with Gasteiger partial charge in [-0.15, -0.1) is 0 Å². The number of halogens is 3. The van der Waals surface area contributed by atoms with Crippen LogP contribution >= 0.6 is 0 Å². The van der Waals surface area contributed by atoms with Gasteiger partial charge in [-0.3, -0.25) is 0 Å². The summed E-state index contributed by atoms with van der Waals surface area (Å²) in [5, 5.41) is 0. The van der Waals surface area contributed by atoms with Gasteiger partial charge in [0, 0.05) is 39.4 Å². The van der Waals surface area contributed by atoms with E-state index in [2.05, 4.69) is 9.97 Å². The van der Waals surface area contributed by atoms with Gasteiger partial charge in [-0.05, 0) is 25.0 Å². The number of fused-ring (bicyclic) bond motifs is 1. The molecule has 1 aliphatic rings. The van der Waals surface area contributed by atoms with E-state index in [0.29, 0.717) is 0 Å². The van der Waals surface area contributed by atoms with Gasteiger partial charge in [0.25, 0.3) is 10.2 Å². The number of pyridine rings is 1. The summed E-state index contributed by atoms with van der Waals surface area (Å²) < 4.78 is 68.0. The van der Waals surface area contributed by atoms with Crippen LogP contribution in [0.1, 0.15) is 24.7 Å². The van der Waals surface area contributed by atoms with Crippen molar-refractivity contribution in [2.75, 3.05) is 27.2 Å². The molecular weight excluding hydrogens is 359 g/mol. The van der Waals surface area contributed by atoms with Crippen molar-refractivity contribution < 1.29 is 21.6 Å². The molecule has 0 aliphatic carbocycles. The monoisotopic (exact) mass is 377 g/mol. The average Bonchev–Trinajstić information content (AvgIpc) is 2.94. The SMILES string of the molecule is CN(C)S(=O)(=O)N1CCC(n2c(C(F)(F)F)nc3cccnc32)CC1. The number of rotatable bonds is 3. The summed E-state index contributed by atoms with van der Waals surface area (Å²) in [6, 6.07) is 2.51. The molecular formula is C14H18F3N5O2S. The number of aromatic nitrogens is 3. The molecule has 0 bridgehead atoms. The Morgan fingerprint density at radius 1 is 1.24 bits per heavy atom. The van der Waals surface area contributed by atoms with Crippen molar-refractivity contribution in [3.63, 3.8) is 0 Å². The van der Waals surface area contributed by atoms with E-state index in [1.807, 2.05) is 0 Å². The molecule has 7 nitrogen and oxygen atoms in total. The Morgan fingerprint density at radius 3 is 2.44 bits per heavy atom. The van der Waals surface area contributed by atoms with E-state index in [1.54, 1.807) is 0 Å². The highest BCUT2D eigenvalue weighted by Gasteiger charge is 2.41. The van der Waals surface area contributed by atoms with Crippen molar-refractivity contribution in [3.05, 3.63) is 24.2 Å². The van der Waals surface area contributed by atoms with Gasteiger partial charge < -0.3 is 4.57 Å². The van der Waals surface area contributed by atoms with Crippen molar-refractivity contribution >= 4 is 21.4 Å². The molecule has 0 unspecified atom stereocenters. The van der Waals surface area contributed by atoms with Crippen LogP contribution in [0.25, 0.3) is 11.2 Å². The molecule has 0 N–H and O–H groups in total. The van der Waals surface area contributed by atoms with Crippen LogP contribution in [0.4, 0.5) is 13.2 Å². The lowest BCUT2D eigenvalue weighted by Gasteiger charge is -2.34. The molecule has 3 heterocycles. The fourth-order valence-corrected chi connectivity index (χ4v) is 4.17. The summed E-state index contributed by atoms with van der Waals surface area (Å²) in [5.41, 5.74) is 0.349. The number of hydrogen-bond donors (Lipinski definition) is 0. The van der Waals surface area contributed by atoms with Gasteiger partial charge >= 0.3 is 6.18 Å². The molecule has 1 fully saturated rings. The Hall–Kier alpha value is -1.72. The predicted molar refractivity (Wildman–Crippen MR) is 85.0 cm³/mol. The standard InChI is InChI=1S/C14H18F3N5O2S/c1-20(2)25(23,24)21-8-5-10(6-9-21)22-12-11(4-3-7-18-12)19-13(22)14(15,16)17/h3-4,7,10H,5-6,8-9H2,1-2H3. The van der Waals surface area contributed by atoms with Crippen molar-refractivity contribution in [3.8, 4) is 0 Å². The fraction of sp³-hybridized carbons (Fsp3) is 0.571. The van der Waals surface area contributed by atoms with Gasteiger partial charge in [0.1, 0.15) is 5.52 Å². The average molecular weight is 377 g/mol. The van der Waals surface area contributed by atoms with Crippen LogP contribution in [0.3, 0.4) is 0 Å². The van der Waals surface area contributed by atoms with E-state index in [9.17, 15) is 21.6 Å². The molecule has 0 aromatic carbocycles. The van der Waals surface area contributed by atoms with Crippen molar-refractivity contribution in [2.45, 2.75) is 25.1 Å². The molecule has 11 heteroatoms. The Labute approximate surface area is 143 Å². The number of nitrogens with zero attached hydrogens (tertiary/aromatic N) is 5. The predicted octanol–water partition coefficient (Wildman–Crippen LogP) is 1.89. The first-order valence-corrected chi connectivity index (χ1v) is 9.10. The van der Waals surface area contributed by atoms with Crippen LogP contribution in [0.15, 0.2) is 18.3 Å². The minimum atomic E-state index is -4.60. The van der Waals surface area contributed by atoms with Crippen LogP contribution in [0.2, 0.25) is 0 Å². The summed E-state index contributed by atoms with van der Waals surface area (Å²) in [6.45, 7) is 0.296. The Bertz CT molecular complexity index is 870. The van der Waals surface area contributed by atoms with Crippen LogP contribution < -0.4 is 0 Å². The second-order valence-electron chi connectivity index (χ2n) is 6.07. The third kappa shape index (κ3) is 3.23. The third-order valence-corrected chi connectivity index (χ3v) is 6.22. The molecule has 0 amide bonds. The highest BCUT2D eigenvalue weighted by molar-refractivity contribution is 7.86.